The third-order valence-corrected chi connectivity index (χ3v) is 4.55. The number of hydrogen-bond donors (Lipinski definition) is 1. The van der Waals surface area contributed by atoms with Gasteiger partial charge in [-0.25, -0.2) is 0 Å². The van der Waals surface area contributed by atoms with E-state index in [9.17, 15) is 0 Å². The first-order valence-corrected chi connectivity index (χ1v) is 8.07. The summed E-state index contributed by atoms with van der Waals surface area (Å²) in [5, 5.41) is 3.52. The van der Waals surface area contributed by atoms with Crippen LogP contribution in [0.15, 0.2) is 24.3 Å². The van der Waals surface area contributed by atoms with Crippen molar-refractivity contribution < 1.29 is 4.74 Å². The predicted molar refractivity (Wildman–Crippen MR) is 85.1 cm³/mol. The lowest BCUT2D eigenvalue weighted by molar-refractivity contribution is 0.242. The van der Waals surface area contributed by atoms with Crippen LogP contribution in [0.5, 0.6) is 5.75 Å². The van der Waals surface area contributed by atoms with Crippen molar-refractivity contribution in [2.24, 2.45) is 11.8 Å². The molecule has 2 rings (SSSR count). The van der Waals surface area contributed by atoms with E-state index < -0.39 is 0 Å². The predicted octanol–water partition coefficient (Wildman–Crippen LogP) is 4.56. The zero-order valence-corrected chi connectivity index (χ0v) is 13.4. The number of ether oxygens (including phenoxy) is 1. The SMILES string of the molecule is CCC1CCC(C(NC)c2ccc(OC(C)C)cc2)C1. The molecular formula is C18H29NO. The van der Waals surface area contributed by atoms with E-state index in [0.717, 1.165) is 17.6 Å². The van der Waals surface area contributed by atoms with E-state index in [0.29, 0.717) is 6.04 Å². The fourth-order valence-corrected chi connectivity index (χ4v) is 3.49. The number of nitrogens with one attached hydrogen (secondary N) is 1. The van der Waals surface area contributed by atoms with Gasteiger partial charge >= 0.3 is 0 Å². The van der Waals surface area contributed by atoms with Gasteiger partial charge in [0.2, 0.25) is 0 Å². The van der Waals surface area contributed by atoms with E-state index in [2.05, 4.69) is 57.4 Å². The average molecular weight is 275 g/mol. The minimum absolute atomic E-state index is 0.237. The van der Waals surface area contributed by atoms with Gasteiger partial charge in [0.1, 0.15) is 5.75 Å². The Kier molecular flexibility index (Phi) is 5.47. The number of rotatable bonds is 6. The van der Waals surface area contributed by atoms with Crippen LogP contribution in [0.4, 0.5) is 0 Å². The first kappa shape index (κ1) is 15.4. The molecule has 3 atom stereocenters. The monoisotopic (exact) mass is 275 g/mol. The van der Waals surface area contributed by atoms with Crippen molar-refractivity contribution in [3.05, 3.63) is 29.8 Å². The fourth-order valence-electron chi connectivity index (χ4n) is 3.49. The maximum absolute atomic E-state index is 5.72. The van der Waals surface area contributed by atoms with E-state index in [1.807, 2.05) is 0 Å². The molecule has 0 aromatic heterocycles. The molecule has 0 amide bonds. The molecule has 1 aliphatic rings. The van der Waals surface area contributed by atoms with E-state index >= 15 is 0 Å². The van der Waals surface area contributed by atoms with Crippen LogP contribution in [0.1, 0.15) is 58.1 Å². The van der Waals surface area contributed by atoms with Crippen molar-refractivity contribution in [1.82, 2.24) is 5.32 Å². The van der Waals surface area contributed by atoms with Gasteiger partial charge in [-0.2, -0.15) is 0 Å². The second-order valence-corrected chi connectivity index (χ2v) is 6.35. The molecule has 0 heterocycles. The summed E-state index contributed by atoms with van der Waals surface area (Å²) >= 11 is 0. The lowest BCUT2D eigenvalue weighted by Crippen LogP contribution is -2.23. The highest BCUT2D eigenvalue weighted by Gasteiger charge is 2.30. The molecule has 1 saturated carbocycles. The molecule has 3 unspecified atom stereocenters. The minimum Gasteiger partial charge on any atom is -0.491 e. The molecule has 0 saturated heterocycles. The highest BCUT2D eigenvalue weighted by Crippen LogP contribution is 2.40. The van der Waals surface area contributed by atoms with E-state index in [-0.39, 0.29) is 6.10 Å². The Hall–Kier alpha value is -1.02. The van der Waals surface area contributed by atoms with Gasteiger partial charge in [0.15, 0.2) is 0 Å². The summed E-state index contributed by atoms with van der Waals surface area (Å²) in [5.41, 5.74) is 1.39. The highest BCUT2D eigenvalue weighted by molar-refractivity contribution is 5.29. The van der Waals surface area contributed by atoms with Gasteiger partial charge in [0, 0.05) is 6.04 Å². The molecule has 0 radical (unpaired) electrons. The first-order valence-electron chi connectivity index (χ1n) is 8.07. The van der Waals surface area contributed by atoms with Crippen LogP contribution < -0.4 is 10.1 Å². The Labute approximate surface area is 123 Å². The lowest BCUT2D eigenvalue weighted by atomic mass is 9.90. The summed E-state index contributed by atoms with van der Waals surface area (Å²) in [4.78, 5) is 0. The van der Waals surface area contributed by atoms with Gasteiger partial charge in [-0.05, 0) is 63.3 Å². The van der Waals surface area contributed by atoms with Crippen molar-refractivity contribution in [2.45, 2.75) is 58.6 Å². The summed E-state index contributed by atoms with van der Waals surface area (Å²) in [5.74, 6) is 2.68. The maximum Gasteiger partial charge on any atom is 0.119 e. The molecule has 2 heteroatoms. The second kappa shape index (κ2) is 7.12. The van der Waals surface area contributed by atoms with Gasteiger partial charge in [-0.15, -0.1) is 0 Å². The molecule has 1 fully saturated rings. The molecule has 1 aliphatic carbocycles. The van der Waals surface area contributed by atoms with Crippen LogP contribution in [0, 0.1) is 11.8 Å². The molecular weight excluding hydrogens is 246 g/mol. The van der Waals surface area contributed by atoms with E-state index in [1.54, 1.807) is 0 Å². The molecule has 0 aliphatic heterocycles. The highest BCUT2D eigenvalue weighted by atomic mass is 16.5. The van der Waals surface area contributed by atoms with Gasteiger partial charge < -0.3 is 10.1 Å². The van der Waals surface area contributed by atoms with Gasteiger partial charge in [-0.3, -0.25) is 0 Å². The Morgan fingerprint density at radius 1 is 1.20 bits per heavy atom. The van der Waals surface area contributed by atoms with Crippen LogP contribution in [0.25, 0.3) is 0 Å². The van der Waals surface area contributed by atoms with Crippen molar-refractivity contribution in [2.75, 3.05) is 7.05 Å². The van der Waals surface area contributed by atoms with Crippen LogP contribution in [0.3, 0.4) is 0 Å². The standard InChI is InChI=1S/C18H29NO/c1-5-14-6-7-16(12-14)18(19-4)15-8-10-17(11-9-15)20-13(2)3/h8-11,13-14,16,18-19H,5-7,12H2,1-4H3. The van der Waals surface area contributed by atoms with Gasteiger partial charge in [0.25, 0.3) is 0 Å². The van der Waals surface area contributed by atoms with E-state index in [1.165, 1.54) is 31.2 Å². The summed E-state index contributed by atoms with van der Waals surface area (Å²) in [6.07, 6.45) is 5.68. The third kappa shape index (κ3) is 3.76. The second-order valence-electron chi connectivity index (χ2n) is 6.35. The van der Waals surface area contributed by atoms with Crippen LogP contribution in [-0.2, 0) is 0 Å². The Morgan fingerprint density at radius 3 is 2.40 bits per heavy atom. The largest absolute Gasteiger partial charge is 0.491 e. The zero-order valence-electron chi connectivity index (χ0n) is 13.4. The molecule has 20 heavy (non-hydrogen) atoms. The number of hydrogen-bond acceptors (Lipinski definition) is 2. The van der Waals surface area contributed by atoms with Gasteiger partial charge in [0.05, 0.1) is 6.10 Å². The molecule has 112 valence electrons. The summed E-state index contributed by atoms with van der Waals surface area (Å²) < 4.78 is 5.72. The first-order chi connectivity index (χ1) is 9.63. The minimum atomic E-state index is 0.237. The zero-order chi connectivity index (χ0) is 14.5. The topological polar surface area (TPSA) is 21.3 Å². The lowest BCUT2D eigenvalue weighted by Gasteiger charge is -2.24. The molecule has 1 aromatic rings. The Morgan fingerprint density at radius 2 is 1.90 bits per heavy atom. The van der Waals surface area contributed by atoms with Crippen molar-refractivity contribution in [3.8, 4) is 5.75 Å². The molecule has 0 spiro atoms. The van der Waals surface area contributed by atoms with Crippen molar-refractivity contribution in [1.29, 1.82) is 0 Å². The van der Waals surface area contributed by atoms with Crippen molar-refractivity contribution in [3.63, 3.8) is 0 Å². The fraction of sp³-hybridized carbons (Fsp3) is 0.667. The van der Waals surface area contributed by atoms with Crippen LogP contribution >= 0.6 is 0 Å². The molecule has 0 bridgehead atoms. The van der Waals surface area contributed by atoms with Crippen molar-refractivity contribution >= 4 is 0 Å². The Balaban J connectivity index is 2.04. The number of benzene rings is 1. The van der Waals surface area contributed by atoms with Crippen LogP contribution in [0.2, 0.25) is 0 Å². The van der Waals surface area contributed by atoms with E-state index in [4.69, 9.17) is 4.74 Å². The Bertz CT molecular complexity index is 398. The maximum atomic E-state index is 5.72. The smallest absolute Gasteiger partial charge is 0.119 e. The summed E-state index contributed by atoms with van der Waals surface area (Å²) in [6, 6.07) is 9.13. The summed E-state index contributed by atoms with van der Waals surface area (Å²) in [6.45, 7) is 6.45. The quantitative estimate of drug-likeness (QED) is 0.821. The summed E-state index contributed by atoms with van der Waals surface area (Å²) in [7, 11) is 2.09. The third-order valence-electron chi connectivity index (χ3n) is 4.55. The molecule has 2 nitrogen and oxygen atoms in total. The normalized spacial score (nSPS) is 24.1. The van der Waals surface area contributed by atoms with Crippen LogP contribution in [-0.4, -0.2) is 13.2 Å². The molecule has 1 N–H and O–H groups in total. The molecule has 1 aromatic carbocycles. The average Bonchev–Trinajstić information content (AvgIpc) is 2.90. The van der Waals surface area contributed by atoms with Gasteiger partial charge in [-0.1, -0.05) is 31.9 Å².